The molecule has 0 saturated carbocycles. The summed E-state index contributed by atoms with van der Waals surface area (Å²) in [6.07, 6.45) is -0.864. The van der Waals surface area contributed by atoms with Crippen LogP contribution in [0, 0.1) is 0 Å². The number of methoxy groups -OCH3 is 1. The maximum Gasteiger partial charge on any atom is 0.303 e. The highest BCUT2D eigenvalue weighted by Gasteiger charge is 2.38. The van der Waals surface area contributed by atoms with E-state index in [1.807, 2.05) is 0 Å². The minimum absolute atomic E-state index is 0.146. The van der Waals surface area contributed by atoms with E-state index < -0.39 is 12.4 Å². The van der Waals surface area contributed by atoms with Crippen molar-refractivity contribution in [3.8, 4) is 0 Å². The molecule has 0 N–H and O–H groups in total. The Morgan fingerprint density at radius 2 is 2.00 bits per heavy atom. The fraction of sp³-hybridized carbons (Fsp3) is 0.800. The average Bonchev–Trinajstić information content (AvgIpc) is 2.56. The summed E-state index contributed by atoms with van der Waals surface area (Å²) in [5.41, 5.74) is 0. The van der Waals surface area contributed by atoms with Crippen molar-refractivity contribution in [2.24, 2.45) is 0 Å². The zero-order chi connectivity index (χ0) is 12.1. The summed E-state index contributed by atoms with van der Waals surface area (Å²) in [5, 5.41) is 0. The van der Waals surface area contributed by atoms with E-state index >= 15 is 0 Å². The summed E-state index contributed by atoms with van der Waals surface area (Å²) in [7, 11) is 1.47. The molecule has 1 aliphatic heterocycles. The number of ether oxygens (including phenoxy) is 4. The van der Waals surface area contributed by atoms with E-state index in [0.29, 0.717) is 6.42 Å². The van der Waals surface area contributed by atoms with Crippen molar-refractivity contribution >= 4 is 11.9 Å². The normalized spacial score (nSPS) is 28.8. The van der Waals surface area contributed by atoms with Gasteiger partial charge in [-0.3, -0.25) is 9.59 Å². The molecule has 3 atom stereocenters. The lowest BCUT2D eigenvalue weighted by molar-refractivity contribution is -0.179. The van der Waals surface area contributed by atoms with Crippen molar-refractivity contribution in [1.29, 1.82) is 0 Å². The van der Waals surface area contributed by atoms with Crippen LogP contribution in [0.5, 0.6) is 0 Å². The van der Waals surface area contributed by atoms with Gasteiger partial charge in [0.05, 0.1) is 6.10 Å². The maximum absolute atomic E-state index is 10.8. The smallest absolute Gasteiger partial charge is 0.303 e. The van der Waals surface area contributed by atoms with Crippen molar-refractivity contribution in [2.45, 2.75) is 38.8 Å². The molecule has 0 aromatic carbocycles. The molecule has 6 heteroatoms. The lowest BCUT2D eigenvalue weighted by Crippen LogP contribution is -2.27. The Hall–Kier alpha value is -1.14. The Labute approximate surface area is 93.8 Å². The van der Waals surface area contributed by atoms with Crippen LogP contribution in [0.4, 0.5) is 0 Å². The van der Waals surface area contributed by atoms with Gasteiger partial charge in [0.15, 0.2) is 12.4 Å². The highest BCUT2D eigenvalue weighted by molar-refractivity contribution is 5.66. The molecule has 1 fully saturated rings. The average molecular weight is 232 g/mol. The SMILES string of the molecule is COC1OC(COC(C)=O)CC1OC(C)=O. The third kappa shape index (κ3) is 3.79. The molecule has 1 rings (SSSR count). The predicted molar refractivity (Wildman–Crippen MR) is 52.5 cm³/mol. The molecule has 0 aromatic rings. The van der Waals surface area contributed by atoms with Crippen molar-refractivity contribution in [1.82, 2.24) is 0 Å². The molecule has 3 unspecified atom stereocenters. The monoisotopic (exact) mass is 232 g/mol. The number of hydrogen-bond acceptors (Lipinski definition) is 6. The quantitative estimate of drug-likeness (QED) is 0.647. The van der Waals surface area contributed by atoms with Crippen LogP contribution >= 0.6 is 0 Å². The van der Waals surface area contributed by atoms with Crippen LogP contribution in [-0.4, -0.2) is 44.2 Å². The van der Waals surface area contributed by atoms with Gasteiger partial charge in [0, 0.05) is 27.4 Å². The van der Waals surface area contributed by atoms with Gasteiger partial charge in [-0.1, -0.05) is 0 Å². The molecule has 0 bridgehead atoms. The maximum atomic E-state index is 10.8. The van der Waals surface area contributed by atoms with Crippen LogP contribution in [0.15, 0.2) is 0 Å². The van der Waals surface area contributed by atoms with Crippen LogP contribution in [0.1, 0.15) is 20.3 Å². The van der Waals surface area contributed by atoms with Crippen LogP contribution in [0.2, 0.25) is 0 Å². The number of esters is 2. The number of rotatable bonds is 4. The fourth-order valence-electron chi connectivity index (χ4n) is 1.54. The summed E-state index contributed by atoms with van der Waals surface area (Å²) in [6, 6.07) is 0. The summed E-state index contributed by atoms with van der Waals surface area (Å²) < 4.78 is 20.3. The van der Waals surface area contributed by atoms with Gasteiger partial charge in [-0.25, -0.2) is 0 Å². The van der Waals surface area contributed by atoms with Gasteiger partial charge in [0.1, 0.15) is 6.61 Å². The molecule has 1 saturated heterocycles. The third-order valence-corrected chi connectivity index (χ3v) is 2.15. The van der Waals surface area contributed by atoms with Crippen LogP contribution < -0.4 is 0 Å². The Balaban J connectivity index is 2.42. The van der Waals surface area contributed by atoms with E-state index in [2.05, 4.69) is 0 Å². The molecular formula is C10H16O6. The Kier molecular flexibility index (Phi) is 4.70. The van der Waals surface area contributed by atoms with Crippen LogP contribution in [0.25, 0.3) is 0 Å². The van der Waals surface area contributed by atoms with E-state index in [1.165, 1.54) is 21.0 Å². The molecule has 0 amide bonds. The van der Waals surface area contributed by atoms with E-state index in [1.54, 1.807) is 0 Å². The Morgan fingerprint density at radius 3 is 2.50 bits per heavy atom. The Morgan fingerprint density at radius 1 is 1.31 bits per heavy atom. The van der Waals surface area contributed by atoms with E-state index in [-0.39, 0.29) is 24.6 Å². The largest absolute Gasteiger partial charge is 0.463 e. The molecule has 0 aromatic heterocycles. The van der Waals surface area contributed by atoms with Gasteiger partial charge in [-0.2, -0.15) is 0 Å². The van der Waals surface area contributed by atoms with Gasteiger partial charge in [-0.15, -0.1) is 0 Å². The van der Waals surface area contributed by atoms with E-state index in [9.17, 15) is 9.59 Å². The molecular weight excluding hydrogens is 216 g/mol. The summed E-state index contributed by atoms with van der Waals surface area (Å²) >= 11 is 0. The lowest BCUT2D eigenvalue weighted by Gasteiger charge is -2.15. The first-order valence-electron chi connectivity index (χ1n) is 5.01. The van der Waals surface area contributed by atoms with E-state index in [0.717, 1.165) is 0 Å². The Bertz CT molecular complexity index is 264. The topological polar surface area (TPSA) is 71.1 Å². The van der Waals surface area contributed by atoms with Crippen molar-refractivity contribution in [2.75, 3.05) is 13.7 Å². The van der Waals surface area contributed by atoms with Gasteiger partial charge in [-0.05, 0) is 0 Å². The minimum Gasteiger partial charge on any atom is -0.463 e. The van der Waals surface area contributed by atoms with Crippen molar-refractivity contribution < 1.29 is 28.5 Å². The first-order chi connectivity index (χ1) is 7.52. The lowest BCUT2D eigenvalue weighted by atomic mass is 10.2. The number of carbonyl (C=O) groups is 2. The molecule has 16 heavy (non-hydrogen) atoms. The highest BCUT2D eigenvalue weighted by Crippen LogP contribution is 2.24. The summed E-state index contributed by atoms with van der Waals surface area (Å²) in [6.45, 7) is 2.80. The standard InChI is InChI=1S/C10H16O6/c1-6(11)14-5-8-4-9(15-7(2)12)10(13-3)16-8/h8-10H,4-5H2,1-3H3. The molecule has 92 valence electrons. The van der Waals surface area contributed by atoms with Crippen molar-refractivity contribution in [3.63, 3.8) is 0 Å². The zero-order valence-corrected chi connectivity index (χ0v) is 9.60. The molecule has 0 aliphatic carbocycles. The van der Waals surface area contributed by atoms with Gasteiger partial charge in [0.2, 0.25) is 0 Å². The van der Waals surface area contributed by atoms with Crippen molar-refractivity contribution in [3.05, 3.63) is 0 Å². The fourth-order valence-corrected chi connectivity index (χ4v) is 1.54. The third-order valence-electron chi connectivity index (χ3n) is 2.15. The number of carbonyl (C=O) groups excluding carboxylic acids is 2. The molecule has 0 spiro atoms. The second kappa shape index (κ2) is 5.81. The minimum atomic E-state index is -0.593. The van der Waals surface area contributed by atoms with Gasteiger partial charge in [0.25, 0.3) is 0 Å². The zero-order valence-electron chi connectivity index (χ0n) is 9.60. The van der Waals surface area contributed by atoms with Gasteiger partial charge >= 0.3 is 11.9 Å². The number of hydrogen-bond donors (Lipinski definition) is 0. The van der Waals surface area contributed by atoms with Crippen LogP contribution in [-0.2, 0) is 28.5 Å². The molecule has 6 nitrogen and oxygen atoms in total. The predicted octanol–water partition coefficient (Wildman–Crippen LogP) is 0.243. The van der Waals surface area contributed by atoms with Crippen LogP contribution in [0.3, 0.4) is 0 Å². The second-order valence-electron chi connectivity index (χ2n) is 3.55. The summed E-state index contributed by atoms with van der Waals surface area (Å²) in [5.74, 6) is -0.753. The second-order valence-corrected chi connectivity index (χ2v) is 3.55. The van der Waals surface area contributed by atoms with E-state index in [4.69, 9.17) is 18.9 Å². The first kappa shape index (κ1) is 12.9. The molecule has 1 aliphatic rings. The molecule has 0 radical (unpaired) electrons. The van der Waals surface area contributed by atoms with Gasteiger partial charge < -0.3 is 18.9 Å². The first-order valence-corrected chi connectivity index (χ1v) is 5.01. The highest BCUT2D eigenvalue weighted by atomic mass is 16.7. The summed E-state index contributed by atoms with van der Waals surface area (Å²) in [4.78, 5) is 21.4. The molecule has 1 heterocycles.